The molecule has 0 heterocycles. The van der Waals surface area contributed by atoms with Gasteiger partial charge in [-0.15, -0.1) is 0 Å². The van der Waals surface area contributed by atoms with Gasteiger partial charge in [-0.05, 0) is 16.3 Å². The molecule has 0 fully saturated rings. The minimum Gasteiger partial charge on any atom is -0.367 e. The van der Waals surface area contributed by atoms with E-state index in [1.165, 1.54) is 7.11 Å². The number of methoxy groups -OCH3 is 1. The minimum atomic E-state index is -0.684. The zero-order valence-corrected chi connectivity index (χ0v) is 13.3. The predicted octanol–water partition coefficient (Wildman–Crippen LogP) is 3.68. The van der Waals surface area contributed by atoms with Gasteiger partial charge in [-0.25, -0.2) is 5.43 Å². The molecule has 0 radical (unpaired) electrons. The molecule has 120 valence electrons. The summed E-state index contributed by atoms with van der Waals surface area (Å²) < 4.78 is 5.29. The van der Waals surface area contributed by atoms with Gasteiger partial charge in [-0.2, -0.15) is 5.10 Å². The molecule has 0 saturated heterocycles. The van der Waals surface area contributed by atoms with Crippen LogP contribution in [-0.4, -0.2) is 19.2 Å². The van der Waals surface area contributed by atoms with Gasteiger partial charge in [-0.3, -0.25) is 4.79 Å². The Balaban J connectivity index is 1.74. The van der Waals surface area contributed by atoms with Gasteiger partial charge in [0.05, 0.1) is 6.21 Å². The summed E-state index contributed by atoms with van der Waals surface area (Å²) in [6.07, 6.45) is 0.966. The highest BCUT2D eigenvalue weighted by molar-refractivity contribution is 6.00. The lowest BCUT2D eigenvalue weighted by Gasteiger charge is -2.13. The van der Waals surface area contributed by atoms with Crippen LogP contribution in [0.1, 0.15) is 17.2 Å². The topological polar surface area (TPSA) is 50.7 Å². The van der Waals surface area contributed by atoms with Gasteiger partial charge in [0, 0.05) is 12.7 Å². The zero-order chi connectivity index (χ0) is 16.8. The van der Waals surface area contributed by atoms with Gasteiger partial charge in [0.2, 0.25) is 0 Å². The molecule has 0 bridgehead atoms. The molecule has 0 aliphatic carbocycles. The van der Waals surface area contributed by atoms with Crippen LogP contribution in [0.5, 0.6) is 0 Å². The lowest BCUT2D eigenvalue weighted by molar-refractivity contribution is -0.131. The number of hydrogen-bond donors (Lipinski definition) is 1. The largest absolute Gasteiger partial charge is 0.367 e. The van der Waals surface area contributed by atoms with Gasteiger partial charge in [-0.1, -0.05) is 72.8 Å². The predicted molar refractivity (Wildman–Crippen MR) is 95.9 cm³/mol. The van der Waals surface area contributed by atoms with E-state index in [4.69, 9.17) is 4.74 Å². The molecule has 1 amide bonds. The molecule has 0 aromatic heterocycles. The van der Waals surface area contributed by atoms with E-state index in [1.54, 1.807) is 6.21 Å². The number of rotatable bonds is 5. The molecule has 0 saturated carbocycles. The third-order valence-corrected chi connectivity index (χ3v) is 3.78. The van der Waals surface area contributed by atoms with Crippen LogP contribution in [0.25, 0.3) is 10.8 Å². The van der Waals surface area contributed by atoms with Crippen LogP contribution in [0.4, 0.5) is 0 Å². The smallest absolute Gasteiger partial charge is 0.273 e. The average molecular weight is 318 g/mol. The van der Waals surface area contributed by atoms with Crippen molar-refractivity contribution in [3.8, 4) is 0 Å². The monoisotopic (exact) mass is 318 g/mol. The first-order chi connectivity index (χ1) is 11.8. The highest BCUT2D eigenvalue weighted by Crippen LogP contribution is 2.17. The van der Waals surface area contributed by atoms with Crippen LogP contribution in [0.2, 0.25) is 0 Å². The molecule has 3 aromatic carbocycles. The van der Waals surface area contributed by atoms with E-state index in [2.05, 4.69) is 10.5 Å². The van der Waals surface area contributed by atoms with Gasteiger partial charge < -0.3 is 4.74 Å². The van der Waals surface area contributed by atoms with Gasteiger partial charge in [0.25, 0.3) is 5.91 Å². The molecule has 1 N–H and O–H groups in total. The third kappa shape index (κ3) is 3.50. The first kappa shape index (κ1) is 15.9. The van der Waals surface area contributed by atoms with Crippen molar-refractivity contribution in [1.29, 1.82) is 0 Å². The molecule has 4 heteroatoms. The summed E-state index contributed by atoms with van der Waals surface area (Å²) in [4.78, 5) is 12.3. The molecule has 0 spiro atoms. The fourth-order valence-electron chi connectivity index (χ4n) is 2.61. The van der Waals surface area contributed by atoms with Crippen LogP contribution < -0.4 is 5.43 Å². The van der Waals surface area contributed by atoms with Crippen molar-refractivity contribution in [3.63, 3.8) is 0 Å². The molecule has 24 heavy (non-hydrogen) atoms. The van der Waals surface area contributed by atoms with E-state index >= 15 is 0 Å². The Morgan fingerprint density at radius 3 is 2.50 bits per heavy atom. The van der Waals surface area contributed by atoms with Crippen LogP contribution >= 0.6 is 0 Å². The van der Waals surface area contributed by atoms with E-state index in [1.807, 2.05) is 72.8 Å². The van der Waals surface area contributed by atoms with E-state index < -0.39 is 6.10 Å². The summed E-state index contributed by atoms with van der Waals surface area (Å²) in [5.74, 6) is -0.305. The third-order valence-electron chi connectivity index (χ3n) is 3.78. The van der Waals surface area contributed by atoms with Crippen molar-refractivity contribution in [2.24, 2.45) is 5.10 Å². The second-order valence-electron chi connectivity index (χ2n) is 5.33. The Labute approximate surface area is 140 Å². The Morgan fingerprint density at radius 2 is 1.71 bits per heavy atom. The number of amides is 1. The molecule has 3 aromatic rings. The molecule has 4 nitrogen and oxygen atoms in total. The average Bonchev–Trinajstić information content (AvgIpc) is 2.63. The number of nitrogens with one attached hydrogen (secondary N) is 1. The number of carbonyl (C=O) groups excluding carboxylic acids is 1. The van der Waals surface area contributed by atoms with Crippen molar-refractivity contribution >= 4 is 22.9 Å². The fourth-order valence-corrected chi connectivity index (χ4v) is 2.61. The molecular weight excluding hydrogens is 300 g/mol. The summed E-state index contributed by atoms with van der Waals surface area (Å²) in [6.45, 7) is 0. The molecule has 3 rings (SSSR count). The lowest BCUT2D eigenvalue weighted by Crippen LogP contribution is -2.26. The van der Waals surface area contributed by atoms with E-state index in [9.17, 15) is 4.79 Å². The summed E-state index contributed by atoms with van der Waals surface area (Å²) >= 11 is 0. The number of hydrogen-bond acceptors (Lipinski definition) is 3. The van der Waals surface area contributed by atoms with Crippen molar-refractivity contribution in [2.75, 3.05) is 7.11 Å². The van der Waals surface area contributed by atoms with Crippen LogP contribution in [0.3, 0.4) is 0 Å². The Hall–Kier alpha value is -2.98. The van der Waals surface area contributed by atoms with Gasteiger partial charge in [0.1, 0.15) is 0 Å². The van der Waals surface area contributed by atoms with Crippen molar-refractivity contribution in [1.82, 2.24) is 5.43 Å². The highest BCUT2D eigenvalue weighted by Gasteiger charge is 2.19. The number of carbonyl (C=O) groups is 1. The summed E-state index contributed by atoms with van der Waals surface area (Å²) in [5, 5.41) is 6.30. The maximum absolute atomic E-state index is 12.3. The highest BCUT2D eigenvalue weighted by atomic mass is 16.5. The minimum absolute atomic E-state index is 0.305. The maximum atomic E-state index is 12.3. The zero-order valence-electron chi connectivity index (χ0n) is 13.3. The first-order valence-electron chi connectivity index (χ1n) is 7.68. The number of fused-ring (bicyclic) bond motifs is 1. The summed E-state index contributed by atoms with van der Waals surface area (Å²) in [6, 6.07) is 23.3. The number of benzene rings is 3. The number of hydrazone groups is 1. The molecular formula is C20H18N2O2. The first-order valence-corrected chi connectivity index (χ1v) is 7.68. The lowest BCUT2D eigenvalue weighted by atomic mass is 10.1. The SMILES string of the molecule is CO[C@H](C(=O)N/N=C\c1cccc2ccccc12)c1ccccc1. The molecule has 0 unspecified atom stereocenters. The van der Waals surface area contributed by atoms with E-state index in [0.29, 0.717) is 0 Å². The van der Waals surface area contributed by atoms with Gasteiger partial charge in [0.15, 0.2) is 6.10 Å². The molecule has 0 aliphatic rings. The van der Waals surface area contributed by atoms with Gasteiger partial charge >= 0.3 is 0 Å². The standard InChI is InChI=1S/C20H18N2O2/c1-24-19(16-9-3-2-4-10-16)20(23)22-21-14-17-12-7-11-15-8-5-6-13-18(15)17/h2-14,19H,1H3,(H,22,23)/b21-14-/t19-/m0/s1. The second-order valence-corrected chi connectivity index (χ2v) is 5.33. The van der Waals surface area contributed by atoms with Crippen molar-refractivity contribution in [3.05, 3.63) is 83.9 Å². The Kier molecular flexibility index (Phi) is 4.99. The van der Waals surface area contributed by atoms with Crippen LogP contribution in [0.15, 0.2) is 77.9 Å². The number of ether oxygens (including phenoxy) is 1. The summed E-state index contributed by atoms with van der Waals surface area (Å²) in [5.41, 5.74) is 4.29. The second kappa shape index (κ2) is 7.53. The van der Waals surface area contributed by atoms with Crippen molar-refractivity contribution in [2.45, 2.75) is 6.10 Å². The Morgan fingerprint density at radius 1 is 1.00 bits per heavy atom. The maximum Gasteiger partial charge on any atom is 0.273 e. The number of nitrogens with zero attached hydrogens (tertiary/aromatic N) is 1. The summed E-state index contributed by atoms with van der Waals surface area (Å²) in [7, 11) is 1.51. The van der Waals surface area contributed by atoms with E-state index in [0.717, 1.165) is 21.9 Å². The van der Waals surface area contributed by atoms with Crippen LogP contribution in [-0.2, 0) is 9.53 Å². The van der Waals surface area contributed by atoms with Crippen molar-refractivity contribution < 1.29 is 9.53 Å². The molecule has 1 atom stereocenters. The Bertz CT molecular complexity index is 854. The van der Waals surface area contributed by atoms with E-state index in [-0.39, 0.29) is 5.91 Å². The normalized spacial score (nSPS) is 12.4. The quantitative estimate of drug-likeness (QED) is 0.576. The van der Waals surface area contributed by atoms with Crippen LogP contribution in [0, 0.1) is 0 Å². The fraction of sp³-hybridized carbons (Fsp3) is 0.100. The molecule has 0 aliphatic heterocycles.